The minimum atomic E-state index is -0.834. The fourth-order valence-corrected chi connectivity index (χ4v) is 1.22. The van der Waals surface area contributed by atoms with Crippen molar-refractivity contribution in [3.8, 4) is 0 Å². The molecule has 2 nitrogen and oxygen atoms in total. The van der Waals surface area contributed by atoms with Crippen molar-refractivity contribution in [3.05, 3.63) is 35.4 Å². The fourth-order valence-electron chi connectivity index (χ4n) is 1.22. The summed E-state index contributed by atoms with van der Waals surface area (Å²) in [7, 11) is 0. The summed E-state index contributed by atoms with van der Waals surface area (Å²) in [6.07, 6.45) is 1.81. The second-order valence-corrected chi connectivity index (χ2v) is 2.71. The van der Waals surface area contributed by atoms with E-state index in [1.807, 2.05) is 19.1 Å². The number of hydrogen-bond donors (Lipinski definition) is 1. The summed E-state index contributed by atoms with van der Waals surface area (Å²) in [5.74, 6) is -0.834. The van der Waals surface area contributed by atoms with Gasteiger partial charge in [0.25, 0.3) is 0 Å². The summed E-state index contributed by atoms with van der Waals surface area (Å²) in [5, 5.41) is 8.79. The van der Waals surface area contributed by atoms with E-state index in [0.29, 0.717) is 5.56 Å². The molecule has 0 aliphatic rings. The number of aryl methyl sites for hydroxylation is 1. The van der Waals surface area contributed by atoms with Crippen molar-refractivity contribution in [3.63, 3.8) is 0 Å². The molecule has 0 spiro atoms. The number of carbonyl (C=O) groups is 1. The van der Waals surface area contributed by atoms with Gasteiger partial charge in [-0.1, -0.05) is 31.5 Å². The maximum absolute atomic E-state index is 10.7. The number of aromatic carboxylic acids is 1. The number of benzene rings is 1. The Morgan fingerprint density at radius 1 is 1.46 bits per heavy atom. The number of rotatable bonds is 3. The zero-order valence-corrected chi connectivity index (χ0v) is 9.99. The first-order valence-corrected chi connectivity index (χ1v) is 4.07. The topological polar surface area (TPSA) is 37.3 Å². The molecular formula is C10H14CaO2. The van der Waals surface area contributed by atoms with Gasteiger partial charge in [-0.2, -0.15) is 0 Å². The van der Waals surface area contributed by atoms with Gasteiger partial charge in [-0.15, -0.1) is 0 Å². The molecule has 0 unspecified atom stereocenters. The summed E-state index contributed by atoms with van der Waals surface area (Å²) < 4.78 is 0. The van der Waals surface area contributed by atoms with Crippen molar-refractivity contribution >= 4 is 43.7 Å². The third-order valence-electron chi connectivity index (χ3n) is 1.77. The van der Waals surface area contributed by atoms with Gasteiger partial charge >= 0.3 is 43.7 Å². The molecule has 0 heterocycles. The summed E-state index contributed by atoms with van der Waals surface area (Å²) in [6, 6.07) is 7.14. The first kappa shape index (κ1) is 12.9. The van der Waals surface area contributed by atoms with Gasteiger partial charge < -0.3 is 7.96 Å². The van der Waals surface area contributed by atoms with Gasteiger partial charge in [-0.3, -0.25) is 0 Å². The van der Waals surface area contributed by atoms with E-state index in [1.54, 1.807) is 12.1 Å². The van der Waals surface area contributed by atoms with Crippen LogP contribution in [0.5, 0.6) is 0 Å². The van der Waals surface area contributed by atoms with E-state index >= 15 is 0 Å². The number of hydrogen-bond acceptors (Lipinski definition) is 1. The Morgan fingerprint density at radius 3 is 2.62 bits per heavy atom. The van der Waals surface area contributed by atoms with Crippen molar-refractivity contribution < 1.29 is 12.8 Å². The molecule has 0 saturated heterocycles. The molecule has 0 fully saturated rings. The van der Waals surface area contributed by atoms with E-state index < -0.39 is 5.97 Å². The molecule has 0 radical (unpaired) electrons. The van der Waals surface area contributed by atoms with Crippen molar-refractivity contribution in [1.82, 2.24) is 0 Å². The molecule has 0 atom stereocenters. The van der Waals surface area contributed by atoms with Crippen molar-refractivity contribution in [2.24, 2.45) is 0 Å². The second kappa shape index (κ2) is 6.41. The molecule has 0 amide bonds. The monoisotopic (exact) mass is 206 g/mol. The van der Waals surface area contributed by atoms with Crippen molar-refractivity contribution in [2.45, 2.75) is 19.8 Å². The molecule has 1 N–H and O–H groups in total. The summed E-state index contributed by atoms with van der Waals surface area (Å²) in [6.45, 7) is 2.04. The average molecular weight is 206 g/mol. The molecule has 0 bridgehead atoms. The molecule has 0 aliphatic heterocycles. The zero-order valence-electron chi connectivity index (χ0n) is 9.79. The van der Waals surface area contributed by atoms with Crippen LogP contribution >= 0.6 is 0 Å². The van der Waals surface area contributed by atoms with Crippen LogP contribution in [0.25, 0.3) is 0 Å². The predicted octanol–water partition coefficient (Wildman–Crippen LogP) is 2.18. The SMILES string of the molecule is CCCc1ccccc1C(=O)O.[Ca+2].[H-].[H-]. The normalized spacial score (nSPS) is 9.00. The maximum Gasteiger partial charge on any atom is 2.00 e. The van der Waals surface area contributed by atoms with Crippen LogP contribution in [0.4, 0.5) is 0 Å². The third kappa shape index (κ3) is 3.67. The standard InChI is InChI=1S/C10H12O2.Ca.2H/c1-2-5-8-6-3-4-7-9(8)10(11)12;;;/h3-4,6-7H,2,5H2,1H3,(H,11,12);;;/q;+2;2*-1. The van der Waals surface area contributed by atoms with Gasteiger partial charge in [0.05, 0.1) is 5.56 Å². The Labute approximate surface area is 111 Å². The van der Waals surface area contributed by atoms with Crippen LogP contribution in [0.1, 0.15) is 32.1 Å². The van der Waals surface area contributed by atoms with E-state index in [2.05, 4.69) is 0 Å². The largest absolute Gasteiger partial charge is 2.00 e. The van der Waals surface area contributed by atoms with E-state index in [4.69, 9.17) is 5.11 Å². The van der Waals surface area contributed by atoms with E-state index in [1.165, 1.54) is 0 Å². The van der Waals surface area contributed by atoms with E-state index in [0.717, 1.165) is 18.4 Å². The first-order chi connectivity index (χ1) is 5.75. The molecular weight excluding hydrogens is 192 g/mol. The van der Waals surface area contributed by atoms with Gasteiger partial charge in [0, 0.05) is 0 Å². The summed E-state index contributed by atoms with van der Waals surface area (Å²) >= 11 is 0. The van der Waals surface area contributed by atoms with Crippen LogP contribution in [0.15, 0.2) is 24.3 Å². The molecule has 1 rings (SSSR count). The molecule has 68 valence electrons. The summed E-state index contributed by atoms with van der Waals surface area (Å²) in [4.78, 5) is 10.7. The van der Waals surface area contributed by atoms with Crippen LogP contribution in [0, 0.1) is 0 Å². The van der Waals surface area contributed by atoms with Gasteiger partial charge in [0.15, 0.2) is 0 Å². The quantitative estimate of drug-likeness (QED) is 0.770. The summed E-state index contributed by atoms with van der Waals surface area (Å²) in [5.41, 5.74) is 1.35. The fraction of sp³-hybridized carbons (Fsp3) is 0.300. The van der Waals surface area contributed by atoms with Gasteiger partial charge in [0.1, 0.15) is 0 Å². The number of carboxylic acid groups (broad SMARTS) is 1. The molecule has 0 saturated carbocycles. The van der Waals surface area contributed by atoms with Crippen molar-refractivity contribution in [2.75, 3.05) is 0 Å². The van der Waals surface area contributed by atoms with E-state index in [-0.39, 0.29) is 40.6 Å². The van der Waals surface area contributed by atoms with E-state index in [9.17, 15) is 4.79 Å². The van der Waals surface area contributed by atoms with Gasteiger partial charge in [-0.25, -0.2) is 4.79 Å². The Balaban J connectivity index is -0.000000480. The van der Waals surface area contributed by atoms with Crippen LogP contribution in [0.2, 0.25) is 0 Å². The van der Waals surface area contributed by atoms with Crippen LogP contribution in [-0.4, -0.2) is 48.8 Å². The molecule has 1 aromatic rings. The van der Waals surface area contributed by atoms with Gasteiger partial charge in [0.2, 0.25) is 0 Å². The van der Waals surface area contributed by atoms with Crippen molar-refractivity contribution in [1.29, 1.82) is 0 Å². The Morgan fingerprint density at radius 2 is 2.08 bits per heavy atom. The average Bonchev–Trinajstić information content (AvgIpc) is 2.05. The smallest absolute Gasteiger partial charge is 1.00 e. The minimum absolute atomic E-state index is 0. The number of carboxylic acids is 1. The Bertz CT molecular complexity index is 293. The molecule has 13 heavy (non-hydrogen) atoms. The predicted molar refractivity (Wildman–Crippen MR) is 55.4 cm³/mol. The van der Waals surface area contributed by atoms with Crippen LogP contribution in [-0.2, 0) is 6.42 Å². The zero-order chi connectivity index (χ0) is 8.97. The Kier molecular flexibility index (Phi) is 6.39. The molecule has 0 aliphatic carbocycles. The Hall–Kier alpha value is -0.0503. The second-order valence-electron chi connectivity index (χ2n) is 2.71. The minimum Gasteiger partial charge on any atom is -1.00 e. The van der Waals surface area contributed by atoms with Crippen LogP contribution < -0.4 is 0 Å². The molecule has 0 aromatic heterocycles. The van der Waals surface area contributed by atoms with Gasteiger partial charge in [-0.05, 0) is 18.1 Å². The third-order valence-corrected chi connectivity index (χ3v) is 1.77. The molecule has 3 heteroatoms. The van der Waals surface area contributed by atoms with Crippen LogP contribution in [0.3, 0.4) is 0 Å². The first-order valence-electron chi connectivity index (χ1n) is 4.07. The molecule has 1 aromatic carbocycles. The maximum atomic E-state index is 10.7.